The van der Waals surface area contributed by atoms with Crippen LogP contribution in [0.5, 0.6) is 5.75 Å². The van der Waals surface area contributed by atoms with E-state index in [1.807, 2.05) is 37.3 Å². The number of nitrogens with zero attached hydrogens (tertiary/aromatic N) is 1. The lowest BCUT2D eigenvalue weighted by atomic mass is 10.2. The molecule has 0 unspecified atom stereocenters. The number of rotatable bonds is 4. The van der Waals surface area contributed by atoms with Gasteiger partial charge >= 0.3 is 0 Å². The quantitative estimate of drug-likeness (QED) is 0.728. The molecule has 1 heterocycles. The standard InChI is InChI=1S/C19H22BrN3O2/c1-14-12-15(2-7-18(14)20)21-19(25)13-22-8-10-23(11-9-22)16-3-5-17(24)6-4-16/h2-7,12,24H,8-11,13H2,1H3,(H,21,25)/p+1. The summed E-state index contributed by atoms with van der Waals surface area (Å²) in [5, 5.41) is 12.4. The number of phenolic OH excluding ortho intramolecular Hbond substituents is 1. The summed E-state index contributed by atoms with van der Waals surface area (Å²) in [7, 11) is 0. The Morgan fingerprint density at radius 3 is 2.52 bits per heavy atom. The van der Waals surface area contributed by atoms with Crippen LogP contribution in [0.2, 0.25) is 0 Å². The second-order valence-electron chi connectivity index (χ2n) is 6.44. The van der Waals surface area contributed by atoms with Gasteiger partial charge in [0.2, 0.25) is 0 Å². The van der Waals surface area contributed by atoms with Gasteiger partial charge in [-0.1, -0.05) is 15.9 Å². The number of aryl methyl sites for hydroxylation is 1. The third-order valence-electron chi connectivity index (χ3n) is 4.54. The van der Waals surface area contributed by atoms with E-state index in [4.69, 9.17) is 0 Å². The van der Waals surface area contributed by atoms with Crippen molar-refractivity contribution in [3.05, 3.63) is 52.5 Å². The number of hydrogen-bond acceptors (Lipinski definition) is 3. The number of halogens is 1. The normalized spacial score (nSPS) is 15.2. The lowest BCUT2D eigenvalue weighted by molar-refractivity contribution is -0.892. The van der Waals surface area contributed by atoms with Crippen molar-refractivity contribution in [1.29, 1.82) is 0 Å². The predicted molar refractivity (Wildman–Crippen MR) is 103 cm³/mol. The van der Waals surface area contributed by atoms with Crippen LogP contribution < -0.4 is 15.1 Å². The highest BCUT2D eigenvalue weighted by Crippen LogP contribution is 2.20. The minimum atomic E-state index is 0.0507. The van der Waals surface area contributed by atoms with Gasteiger partial charge in [-0.25, -0.2) is 0 Å². The smallest absolute Gasteiger partial charge is 0.279 e. The summed E-state index contributed by atoms with van der Waals surface area (Å²) in [6, 6.07) is 13.1. The van der Waals surface area contributed by atoms with E-state index < -0.39 is 0 Å². The summed E-state index contributed by atoms with van der Waals surface area (Å²) in [5.41, 5.74) is 3.06. The first kappa shape index (κ1) is 17.8. The van der Waals surface area contributed by atoms with Crippen LogP contribution in [-0.2, 0) is 4.79 Å². The maximum Gasteiger partial charge on any atom is 0.279 e. The molecule has 1 aliphatic heterocycles. The van der Waals surface area contributed by atoms with Gasteiger partial charge in [-0.2, -0.15) is 0 Å². The first-order chi connectivity index (χ1) is 12.0. The Labute approximate surface area is 156 Å². The Morgan fingerprint density at radius 1 is 1.20 bits per heavy atom. The second kappa shape index (κ2) is 7.89. The molecule has 25 heavy (non-hydrogen) atoms. The fourth-order valence-electron chi connectivity index (χ4n) is 3.08. The topological polar surface area (TPSA) is 57.0 Å². The van der Waals surface area contributed by atoms with Gasteiger partial charge in [0.25, 0.3) is 5.91 Å². The molecule has 0 aromatic heterocycles. The predicted octanol–water partition coefficient (Wildman–Crippen LogP) is 1.81. The summed E-state index contributed by atoms with van der Waals surface area (Å²) >= 11 is 3.47. The van der Waals surface area contributed by atoms with Crippen LogP contribution in [0.3, 0.4) is 0 Å². The number of benzene rings is 2. The molecule has 5 nitrogen and oxygen atoms in total. The van der Waals surface area contributed by atoms with Gasteiger partial charge in [0.05, 0.1) is 26.2 Å². The van der Waals surface area contributed by atoms with Gasteiger partial charge in [0.15, 0.2) is 6.54 Å². The zero-order chi connectivity index (χ0) is 17.8. The fraction of sp³-hybridized carbons (Fsp3) is 0.316. The van der Waals surface area contributed by atoms with E-state index >= 15 is 0 Å². The molecule has 0 saturated carbocycles. The van der Waals surface area contributed by atoms with Gasteiger partial charge in [-0.15, -0.1) is 0 Å². The number of nitrogens with one attached hydrogen (secondary N) is 2. The zero-order valence-electron chi connectivity index (χ0n) is 14.3. The summed E-state index contributed by atoms with van der Waals surface area (Å²) in [6.07, 6.45) is 0. The number of hydrogen-bond donors (Lipinski definition) is 3. The van der Waals surface area contributed by atoms with Gasteiger partial charge in [-0.3, -0.25) is 4.79 Å². The molecule has 3 N–H and O–H groups in total. The molecule has 2 aromatic carbocycles. The third-order valence-corrected chi connectivity index (χ3v) is 5.43. The molecule has 1 aliphatic rings. The highest BCUT2D eigenvalue weighted by Gasteiger charge is 2.22. The lowest BCUT2D eigenvalue weighted by Gasteiger charge is -2.33. The molecule has 0 radical (unpaired) electrons. The number of aromatic hydroxyl groups is 1. The van der Waals surface area contributed by atoms with Gasteiger partial charge in [0, 0.05) is 15.8 Å². The van der Waals surface area contributed by atoms with Crippen LogP contribution in [0.4, 0.5) is 11.4 Å². The summed E-state index contributed by atoms with van der Waals surface area (Å²) in [6.45, 7) is 6.16. The number of amides is 1. The Kier molecular flexibility index (Phi) is 5.60. The highest BCUT2D eigenvalue weighted by molar-refractivity contribution is 9.10. The average Bonchev–Trinajstić information content (AvgIpc) is 2.60. The van der Waals surface area contributed by atoms with Crippen LogP contribution in [0.1, 0.15) is 5.56 Å². The maximum absolute atomic E-state index is 12.3. The van der Waals surface area contributed by atoms with Crippen molar-refractivity contribution in [1.82, 2.24) is 0 Å². The van der Waals surface area contributed by atoms with Crippen molar-refractivity contribution in [2.24, 2.45) is 0 Å². The van der Waals surface area contributed by atoms with Crippen molar-refractivity contribution in [3.8, 4) is 5.75 Å². The molecule has 1 amide bonds. The van der Waals surface area contributed by atoms with E-state index in [1.165, 1.54) is 4.90 Å². The molecule has 0 spiro atoms. The fourth-order valence-corrected chi connectivity index (χ4v) is 3.32. The van der Waals surface area contributed by atoms with Crippen molar-refractivity contribution in [3.63, 3.8) is 0 Å². The number of quaternary nitrogens is 1. The van der Waals surface area contributed by atoms with Crippen molar-refractivity contribution < 1.29 is 14.8 Å². The Hall–Kier alpha value is -2.05. The number of carbonyl (C=O) groups excluding carboxylic acids is 1. The van der Waals surface area contributed by atoms with E-state index in [9.17, 15) is 9.90 Å². The second-order valence-corrected chi connectivity index (χ2v) is 7.30. The van der Waals surface area contributed by atoms with Crippen LogP contribution in [0.15, 0.2) is 46.9 Å². The monoisotopic (exact) mass is 404 g/mol. The van der Waals surface area contributed by atoms with Crippen LogP contribution in [0, 0.1) is 6.92 Å². The molecule has 3 rings (SSSR count). The van der Waals surface area contributed by atoms with Crippen LogP contribution in [0.25, 0.3) is 0 Å². The Bertz CT molecular complexity index is 741. The summed E-state index contributed by atoms with van der Waals surface area (Å²) in [5.74, 6) is 0.336. The molecule has 1 fully saturated rings. The highest BCUT2D eigenvalue weighted by atomic mass is 79.9. The largest absolute Gasteiger partial charge is 0.508 e. The first-order valence-corrected chi connectivity index (χ1v) is 9.24. The molecular formula is C19H23BrN3O2+. The number of anilines is 2. The minimum Gasteiger partial charge on any atom is -0.508 e. The van der Waals surface area contributed by atoms with E-state index in [-0.39, 0.29) is 11.7 Å². The number of phenols is 1. The Balaban J connectivity index is 1.49. The van der Waals surface area contributed by atoms with Crippen molar-refractivity contribution in [2.45, 2.75) is 6.92 Å². The zero-order valence-corrected chi connectivity index (χ0v) is 15.8. The third kappa shape index (κ3) is 4.74. The van der Waals surface area contributed by atoms with E-state index in [0.717, 1.165) is 47.6 Å². The van der Waals surface area contributed by atoms with E-state index in [0.29, 0.717) is 6.54 Å². The maximum atomic E-state index is 12.3. The van der Waals surface area contributed by atoms with E-state index in [1.54, 1.807) is 12.1 Å². The molecule has 132 valence electrons. The lowest BCUT2D eigenvalue weighted by Crippen LogP contribution is -3.15. The number of piperazine rings is 1. The summed E-state index contributed by atoms with van der Waals surface area (Å²) in [4.78, 5) is 15.9. The number of carbonyl (C=O) groups is 1. The first-order valence-electron chi connectivity index (χ1n) is 8.45. The van der Waals surface area contributed by atoms with Gasteiger partial charge < -0.3 is 20.2 Å². The molecule has 0 atom stereocenters. The molecule has 2 aromatic rings. The molecule has 0 bridgehead atoms. The molecule has 0 aliphatic carbocycles. The Morgan fingerprint density at radius 2 is 1.88 bits per heavy atom. The van der Waals surface area contributed by atoms with Gasteiger partial charge in [-0.05, 0) is 55.0 Å². The average molecular weight is 405 g/mol. The molecule has 6 heteroatoms. The van der Waals surface area contributed by atoms with Crippen LogP contribution >= 0.6 is 15.9 Å². The summed E-state index contributed by atoms with van der Waals surface area (Å²) < 4.78 is 1.04. The molecule has 1 saturated heterocycles. The minimum absolute atomic E-state index is 0.0507. The van der Waals surface area contributed by atoms with E-state index in [2.05, 4.69) is 26.1 Å². The van der Waals surface area contributed by atoms with Gasteiger partial charge in [0.1, 0.15) is 5.75 Å². The van der Waals surface area contributed by atoms with Crippen molar-refractivity contribution >= 4 is 33.2 Å². The molecular weight excluding hydrogens is 382 g/mol. The van der Waals surface area contributed by atoms with Crippen LogP contribution in [-0.4, -0.2) is 43.7 Å². The SMILES string of the molecule is Cc1cc(NC(=O)C[NH+]2CCN(c3ccc(O)cc3)CC2)ccc1Br. The van der Waals surface area contributed by atoms with Crippen molar-refractivity contribution in [2.75, 3.05) is 42.9 Å².